The van der Waals surface area contributed by atoms with Gasteiger partial charge < -0.3 is 29.7 Å². The van der Waals surface area contributed by atoms with Crippen molar-refractivity contribution >= 4 is 6.09 Å². The summed E-state index contributed by atoms with van der Waals surface area (Å²) in [5.41, 5.74) is -0.160. The zero-order valence-corrected chi connectivity index (χ0v) is 12.6. The van der Waals surface area contributed by atoms with E-state index in [0.29, 0.717) is 33.0 Å². The fourth-order valence-corrected chi connectivity index (χ4v) is 1.43. The van der Waals surface area contributed by atoms with Crippen LogP contribution in [0.1, 0.15) is 20.8 Å². The normalized spacial score (nSPS) is 13.2. The maximum atomic E-state index is 10.5. The Balaban J connectivity index is 3.72. The number of nitrogens with one attached hydrogen (secondary N) is 1. The SMILES string of the molecule is CC(C)(C)C(CNC(=O)O)OCCOCCOCCO. The molecule has 7 heteroatoms. The lowest BCUT2D eigenvalue weighted by Crippen LogP contribution is -2.41. The van der Waals surface area contributed by atoms with E-state index in [9.17, 15) is 4.79 Å². The summed E-state index contributed by atoms with van der Waals surface area (Å²) in [6.07, 6.45) is -1.27. The molecule has 0 radical (unpaired) electrons. The summed E-state index contributed by atoms with van der Waals surface area (Å²) in [4.78, 5) is 10.5. The van der Waals surface area contributed by atoms with E-state index in [0.717, 1.165) is 0 Å². The number of rotatable bonds is 11. The van der Waals surface area contributed by atoms with Gasteiger partial charge in [0.2, 0.25) is 0 Å². The molecule has 120 valence electrons. The van der Waals surface area contributed by atoms with Gasteiger partial charge in [0.1, 0.15) is 0 Å². The van der Waals surface area contributed by atoms with Crippen LogP contribution in [-0.2, 0) is 14.2 Å². The molecule has 0 aromatic rings. The molecule has 0 aliphatic rings. The monoisotopic (exact) mass is 293 g/mol. The Morgan fingerprint density at radius 2 is 1.65 bits per heavy atom. The number of aliphatic hydroxyl groups excluding tert-OH is 1. The number of hydrogen-bond acceptors (Lipinski definition) is 5. The summed E-state index contributed by atoms with van der Waals surface area (Å²) in [6.45, 7) is 8.23. The van der Waals surface area contributed by atoms with E-state index in [4.69, 9.17) is 24.4 Å². The highest BCUT2D eigenvalue weighted by Crippen LogP contribution is 2.21. The summed E-state index contributed by atoms with van der Waals surface area (Å²) >= 11 is 0. The van der Waals surface area contributed by atoms with Crippen molar-refractivity contribution in [1.29, 1.82) is 0 Å². The second-order valence-electron chi connectivity index (χ2n) is 5.36. The molecule has 0 aromatic heterocycles. The van der Waals surface area contributed by atoms with Crippen molar-refractivity contribution in [2.45, 2.75) is 26.9 Å². The molecule has 0 bridgehead atoms. The zero-order valence-electron chi connectivity index (χ0n) is 12.6. The Bertz CT molecular complexity index is 254. The van der Waals surface area contributed by atoms with Crippen LogP contribution in [0.15, 0.2) is 0 Å². The number of ether oxygens (including phenoxy) is 3. The second kappa shape index (κ2) is 10.8. The standard InChI is InChI=1S/C13H27NO6/c1-13(2,3)11(10-14-12(16)17)20-9-8-19-7-6-18-5-4-15/h11,14-15H,4-10H2,1-3H3,(H,16,17). The van der Waals surface area contributed by atoms with Crippen LogP contribution < -0.4 is 5.32 Å². The highest BCUT2D eigenvalue weighted by atomic mass is 16.5. The van der Waals surface area contributed by atoms with Gasteiger partial charge in [-0.15, -0.1) is 0 Å². The predicted molar refractivity (Wildman–Crippen MR) is 73.9 cm³/mol. The van der Waals surface area contributed by atoms with E-state index < -0.39 is 6.09 Å². The van der Waals surface area contributed by atoms with Crippen LogP contribution in [0.3, 0.4) is 0 Å². The molecule has 3 N–H and O–H groups in total. The lowest BCUT2D eigenvalue weighted by molar-refractivity contribution is -0.0483. The molecule has 0 spiro atoms. The van der Waals surface area contributed by atoms with Gasteiger partial charge in [-0.1, -0.05) is 20.8 Å². The van der Waals surface area contributed by atoms with Gasteiger partial charge in [0.15, 0.2) is 0 Å². The summed E-state index contributed by atoms with van der Waals surface area (Å²) in [5.74, 6) is 0. The molecule has 0 rings (SSSR count). The third kappa shape index (κ3) is 11.0. The molecule has 0 aromatic carbocycles. The quantitative estimate of drug-likeness (QED) is 0.485. The maximum absolute atomic E-state index is 10.5. The van der Waals surface area contributed by atoms with Crippen molar-refractivity contribution in [2.24, 2.45) is 5.41 Å². The van der Waals surface area contributed by atoms with Gasteiger partial charge in [0.25, 0.3) is 0 Å². The van der Waals surface area contributed by atoms with Crippen LogP contribution >= 0.6 is 0 Å². The smallest absolute Gasteiger partial charge is 0.404 e. The molecule has 7 nitrogen and oxygen atoms in total. The van der Waals surface area contributed by atoms with E-state index in [1.54, 1.807) is 0 Å². The number of carboxylic acid groups (broad SMARTS) is 1. The Morgan fingerprint density at radius 3 is 2.15 bits per heavy atom. The van der Waals surface area contributed by atoms with Crippen LogP contribution in [0.4, 0.5) is 4.79 Å². The molecule has 0 aliphatic heterocycles. The molecule has 1 atom stereocenters. The Kier molecular flexibility index (Phi) is 10.4. The average Bonchev–Trinajstić information content (AvgIpc) is 2.34. The maximum Gasteiger partial charge on any atom is 0.404 e. The zero-order chi connectivity index (χ0) is 15.4. The minimum atomic E-state index is -1.06. The molecule has 0 saturated carbocycles. The molecular weight excluding hydrogens is 266 g/mol. The second-order valence-corrected chi connectivity index (χ2v) is 5.36. The van der Waals surface area contributed by atoms with Crippen molar-refractivity contribution in [2.75, 3.05) is 46.2 Å². The van der Waals surface area contributed by atoms with E-state index in [2.05, 4.69) is 5.32 Å². The Hall–Kier alpha value is -0.890. The molecule has 0 heterocycles. The molecule has 20 heavy (non-hydrogen) atoms. The summed E-state index contributed by atoms with van der Waals surface area (Å²) in [5, 5.41) is 19.5. The van der Waals surface area contributed by atoms with E-state index >= 15 is 0 Å². The third-order valence-electron chi connectivity index (χ3n) is 2.56. The average molecular weight is 293 g/mol. The van der Waals surface area contributed by atoms with Crippen molar-refractivity contribution < 1.29 is 29.2 Å². The Morgan fingerprint density at radius 1 is 1.10 bits per heavy atom. The lowest BCUT2D eigenvalue weighted by Gasteiger charge is -2.30. The minimum absolute atomic E-state index is 0.00690. The van der Waals surface area contributed by atoms with E-state index in [-0.39, 0.29) is 24.7 Å². The number of amides is 1. The topological polar surface area (TPSA) is 97.3 Å². The van der Waals surface area contributed by atoms with Gasteiger partial charge in [-0.2, -0.15) is 0 Å². The van der Waals surface area contributed by atoms with Gasteiger partial charge in [-0.05, 0) is 5.41 Å². The first-order chi connectivity index (χ1) is 9.38. The number of aliphatic hydroxyl groups is 1. The molecule has 1 unspecified atom stereocenters. The van der Waals surface area contributed by atoms with Crippen LogP contribution in [-0.4, -0.2) is 68.6 Å². The van der Waals surface area contributed by atoms with E-state index in [1.165, 1.54) is 0 Å². The lowest BCUT2D eigenvalue weighted by atomic mass is 9.89. The Labute approximate surface area is 120 Å². The van der Waals surface area contributed by atoms with Crippen molar-refractivity contribution in [3.63, 3.8) is 0 Å². The van der Waals surface area contributed by atoms with Crippen LogP contribution in [0.25, 0.3) is 0 Å². The van der Waals surface area contributed by atoms with Gasteiger partial charge in [-0.3, -0.25) is 0 Å². The van der Waals surface area contributed by atoms with Crippen molar-refractivity contribution in [3.05, 3.63) is 0 Å². The van der Waals surface area contributed by atoms with Crippen molar-refractivity contribution in [1.82, 2.24) is 5.32 Å². The molecule has 0 fully saturated rings. The number of hydrogen-bond donors (Lipinski definition) is 3. The predicted octanol–water partition coefficient (Wildman–Crippen LogP) is 0.711. The minimum Gasteiger partial charge on any atom is -0.465 e. The van der Waals surface area contributed by atoms with Crippen LogP contribution in [0, 0.1) is 5.41 Å². The van der Waals surface area contributed by atoms with Crippen molar-refractivity contribution in [3.8, 4) is 0 Å². The van der Waals surface area contributed by atoms with Gasteiger partial charge >= 0.3 is 6.09 Å². The first-order valence-corrected chi connectivity index (χ1v) is 6.72. The largest absolute Gasteiger partial charge is 0.465 e. The van der Waals surface area contributed by atoms with Gasteiger partial charge in [-0.25, -0.2) is 4.79 Å². The van der Waals surface area contributed by atoms with Gasteiger partial charge in [0, 0.05) is 6.54 Å². The first kappa shape index (κ1) is 19.1. The number of carbonyl (C=O) groups is 1. The van der Waals surface area contributed by atoms with Crippen LogP contribution in [0.5, 0.6) is 0 Å². The highest BCUT2D eigenvalue weighted by molar-refractivity contribution is 5.64. The highest BCUT2D eigenvalue weighted by Gasteiger charge is 2.25. The summed E-state index contributed by atoms with van der Waals surface area (Å²) < 4.78 is 16.0. The van der Waals surface area contributed by atoms with E-state index in [1.807, 2.05) is 20.8 Å². The fraction of sp³-hybridized carbons (Fsp3) is 0.923. The molecule has 0 aliphatic carbocycles. The third-order valence-corrected chi connectivity index (χ3v) is 2.56. The summed E-state index contributed by atoms with van der Waals surface area (Å²) in [7, 11) is 0. The van der Waals surface area contributed by atoms with Gasteiger partial charge in [0.05, 0.1) is 45.7 Å². The first-order valence-electron chi connectivity index (χ1n) is 6.72. The summed E-state index contributed by atoms with van der Waals surface area (Å²) in [6, 6.07) is 0. The molecule has 1 amide bonds. The molecule has 0 saturated heterocycles. The van der Waals surface area contributed by atoms with Crippen LogP contribution in [0.2, 0.25) is 0 Å². The fourth-order valence-electron chi connectivity index (χ4n) is 1.43. The molecular formula is C13H27NO6.